The number of hydrogen-bond acceptors (Lipinski definition) is 3. The number of amides is 1. The number of carbonyl (C=O) groups is 1. The van der Waals surface area contributed by atoms with Gasteiger partial charge in [0, 0.05) is 46.8 Å². The van der Waals surface area contributed by atoms with Crippen LogP contribution in [0.3, 0.4) is 0 Å². The second kappa shape index (κ2) is 13.0. The Labute approximate surface area is 162 Å². The molecule has 0 bridgehead atoms. The Hall–Kier alpha value is -1.35. The number of benzene rings is 1. The van der Waals surface area contributed by atoms with Gasteiger partial charge in [-0.25, -0.2) is 0 Å². The zero-order chi connectivity index (χ0) is 17.1. The Morgan fingerprint density at radius 3 is 2.58 bits per heavy atom. The molecule has 0 aliphatic rings. The van der Waals surface area contributed by atoms with Crippen molar-refractivity contribution in [2.24, 2.45) is 4.99 Å². The quantitative estimate of drug-likeness (QED) is 0.362. The highest BCUT2D eigenvalue weighted by Gasteiger charge is 2.10. The van der Waals surface area contributed by atoms with E-state index in [9.17, 15) is 4.79 Å². The summed E-state index contributed by atoms with van der Waals surface area (Å²) in [6.45, 7) is 3.77. The van der Waals surface area contributed by atoms with E-state index in [4.69, 9.17) is 4.74 Å². The molecule has 1 aromatic rings. The molecule has 1 amide bonds. The smallest absolute Gasteiger partial charge is 0.224 e. The summed E-state index contributed by atoms with van der Waals surface area (Å²) < 4.78 is 5.07. The van der Waals surface area contributed by atoms with Crippen molar-refractivity contribution in [1.82, 2.24) is 15.5 Å². The Morgan fingerprint density at radius 2 is 2.00 bits per heavy atom. The number of nitrogens with one attached hydrogen (secondary N) is 2. The summed E-state index contributed by atoms with van der Waals surface area (Å²) >= 11 is 0. The maximum Gasteiger partial charge on any atom is 0.224 e. The van der Waals surface area contributed by atoms with Gasteiger partial charge in [-0.3, -0.25) is 9.79 Å². The number of halogens is 1. The monoisotopic (exact) mass is 448 g/mol. The molecule has 2 N–H and O–H groups in total. The number of hydrogen-bond donors (Lipinski definition) is 2. The van der Waals surface area contributed by atoms with Crippen LogP contribution in [-0.2, 0) is 16.1 Å². The van der Waals surface area contributed by atoms with E-state index in [1.165, 1.54) is 0 Å². The highest BCUT2D eigenvalue weighted by molar-refractivity contribution is 14.0. The second-order valence-electron chi connectivity index (χ2n) is 5.49. The topological polar surface area (TPSA) is 66.0 Å². The van der Waals surface area contributed by atoms with Gasteiger partial charge in [-0.15, -0.1) is 24.0 Å². The largest absolute Gasteiger partial charge is 0.383 e. The van der Waals surface area contributed by atoms with Crippen molar-refractivity contribution in [3.8, 4) is 0 Å². The molecule has 0 fully saturated rings. The Bertz CT molecular complexity index is 497. The molecule has 1 unspecified atom stereocenters. The van der Waals surface area contributed by atoms with Gasteiger partial charge in [0.15, 0.2) is 5.96 Å². The lowest BCUT2D eigenvalue weighted by molar-refractivity contribution is -0.130. The fourth-order valence-electron chi connectivity index (χ4n) is 2.14. The normalized spacial score (nSPS) is 12.1. The van der Waals surface area contributed by atoms with Gasteiger partial charge >= 0.3 is 0 Å². The SMILES string of the molecule is CN=C(NCCC(=O)N(C)Cc1ccccc1)NC(C)COC.I. The fourth-order valence-corrected chi connectivity index (χ4v) is 2.14. The van der Waals surface area contributed by atoms with Crippen LogP contribution in [0.4, 0.5) is 0 Å². The van der Waals surface area contributed by atoms with E-state index in [0.717, 1.165) is 5.56 Å². The number of rotatable bonds is 8. The van der Waals surface area contributed by atoms with Crippen molar-refractivity contribution in [1.29, 1.82) is 0 Å². The van der Waals surface area contributed by atoms with E-state index in [1.54, 1.807) is 19.1 Å². The summed E-state index contributed by atoms with van der Waals surface area (Å²) in [4.78, 5) is 18.0. The predicted octanol–water partition coefficient (Wildman–Crippen LogP) is 1.85. The number of nitrogens with zero attached hydrogens (tertiary/aromatic N) is 2. The first-order valence-electron chi connectivity index (χ1n) is 7.80. The van der Waals surface area contributed by atoms with Gasteiger partial charge < -0.3 is 20.3 Å². The van der Waals surface area contributed by atoms with Gasteiger partial charge in [-0.05, 0) is 12.5 Å². The summed E-state index contributed by atoms with van der Waals surface area (Å²) in [5.41, 5.74) is 1.13. The average molecular weight is 448 g/mol. The first-order chi connectivity index (χ1) is 11.1. The van der Waals surface area contributed by atoms with Gasteiger partial charge in [-0.1, -0.05) is 30.3 Å². The van der Waals surface area contributed by atoms with E-state index in [1.807, 2.05) is 44.3 Å². The third-order valence-corrected chi connectivity index (χ3v) is 3.34. The van der Waals surface area contributed by atoms with Gasteiger partial charge in [0.25, 0.3) is 0 Å². The lowest BCUT2D eigenvalue weighted by Gasteiger charge is -2.19. The molecule has 0 saturated carbocycles. The van der Waals surface area contributed by atoms with E-state index < -0.39 is 0 Å². The molecule has 7 heteroatoms. The number of guanidine groups is 1. The van der Waals surface area contributed by atoms with Crippen LogP contribution >= 0.6 is 24.0 Å². The van der Waals surface area contributed by atoms with E-state index in [2.05, 4.69) is 15.6 Å². The molecule has 0 radical (unpaired) electrons. The molecule has 0 aliphatic carbocycles. The first-order valence-corrected chi connectivity index (χ1v) is 7.80. The Kier molecular flexibility index (Phi) is 12.3. The van der Waals surface area contributed by atoms with Crippen LogP contribution in [0.5, 0.6) is 0 Å². The minimum atomic E-state index is 0. The van der Waals surface area contributed by atoms with E-state index in [-0.39, 0.29) is 35.9 Å². The Morgan fingerprint density at radius 1 is 1.33 bits per heavy atom. The summed E-state index contributed by atoms with van der Waals surface area (Å²) in [6, 6.07) is 10.1. The number of ether oxygens (including phenoxy) is 1. The van der Waals surface area contributed by atoms with Crippen LogP contribution in [0, 0.1) is 0 Å². The molecule has 0 heterocycles. The minimum Gasteiger partial charge on any atom is -0.383 e. The summed E-state index contributed by atoms with van der Waals surface area (Å²) in [7, 11) is 5.19. The average Bonchev–Trinajstić information content (AvgIpc) is 2.54. The van der Waals surface area contributed by atoms with Crippen molar-refractivity contribution in [2.75, 3.05) is 34.4 Å². The van der Waals surface area contributed by atoms with Crippen molar-refractivity contribution in [3.05, 3.63) is 35.9 Å². The fraction of sp³-hybridized carbons (Fsp3) is 0.529. The van der Waals surface area contributed by atoms with Crippen molar-refractivity contribution in [2.45, 2.75) is 25.9 Å². The predicted molar refractivity (Wildman–Crippen MR) is 109 cm³/mol. The number of aliphatic imine (C=N–C) groups is 1. The van der Waals surface area contributed by atoms with Crippen molar-refractivity contribution >= 4 is 35.8 Å². The van der Waals surface area contributed by atoms with Gasteiger partial charge in [0.05, 0.1) is 6.61 Å². The van der Waals surface area contributed by atoms with Crippen LogP contribution in [0.2, 0.25) is 0 Å². The third-order valence-electron chi connectivity index (χ3n) is 3.34. The van der Waals surface area contributed by atoms with Gasteiger partial charge in [0.1, 0.15) is 0 Å². The van der Waals surface area contributed by atoms with Crippen molar-refractivity contribution < 1.29 is 9.53 Å². The van der Waals surface area contributed by atoms with E-state index in [0.29, 0.717) is 32.1 Å². The maximum atomic E-state index is 12.1. The van der Waals surface area contributed by atoms with Crippen LogP contribution in [0.15, 0.2) is 35.3 Å². The molecular weight excluding hydrogens is 419 g/mol. The zero-order valence-corrected chi connectivity index (χ0v) is 17.2. The standard InChI is InChI=1S/C17H28N4O2.HI/c1-14(13-23-4)20-17(18-2)19-11-10-16(22)21(3)12-15-8-6-5-7-9-15;/h5-9,14H,10-13H2,1-4H3,(H2,18,19,20);1H. The number of carbonyl (C=O) groups excluding carboxylic acids is 1. The molecule has 0 saturated heterocycles. The summed E-state index contributed by atoms with van der Waals surface area (Å²) in [5, 5.41) is 6.34. The molecule has 0 aliphatic heterocycles. The lowest BCUT2D eigenvalue weighted by Crippen LogP contribution is -2.44. The summed E-state index contributed by atoms with van der Waals surface area (Å²) in [6.07, 6.45) is 0.419. The zero-order valence-electron chi connectivity index (χ0n) is 14.9. The lowest BCUT2D eigenvalue weighted by atomic mass is 10.2. The highest BCUT2D eigenvalue weighted by atomic mass is 127. The van der Waals surface area contributed by atoms with E-state index >= 15 is 0 Å². The van der Waals surface area contributed by atoms with Crippen LogP contribution in [-0.4, -0.2) is 57.2 Å². The molecular formula is C17H29IN4O2. The Balaban J connectivity index is 0.00000529. The van der Waals surface area contributed by atoms with Gasteiger partial charge in [-0.2, -0.15) is 0 Å². The molecule has 1 atom stereocenters. The third kappa shape index (κ3) is 9.07. The maximum absolute atomic E-state index is 12.1. The molecule has 1 aromatic carbocycles. The molecule has 136 valence electrons. The molecule has 6 nitrogen and oxygen atoms in total. The van der Waals surface area contributed by atoms with Crippen LogP contribution < -0.4 is 10.6 Å². The molecule has 24 heavy (non-hydrogen) atoms. The van der Waals surface area contributed by atoms with Gasteiger partial charge in [0.2, 0.25) is 5.91 Å². The minimum absolute atomic E-state index is 0. The molecule has 0 aromatic heterocycles. The first kappa shape index (κ1) is 22.6. The second-order valence-corrected chi connectivity index (χ2v) is 5.49. The highest BCUT2D eigenvalue weighted by Crippen LogP contribution is 2.03. The molecule has 0 spiro atoms. The summed E-state index contributed by atoms with van der Waals surface area (Å²) in [5.74, 6) is 0.773. The van der Waals surface area contributed by atoms with Crippen LogP contribution in [0.1, 0.15) is 18.9 Å². The number of methoxy groups -OCH3 is 1. The molecule has 1 rings (SSSR count). The van der Waals surface area contributed by atoms with Crippen LogP contribution in [0.25, 0.3) is 0 Å². The van der Waals surface area contributed by atoms with Crippen molar-refractivity contribution in [3.63, 3.8) is 0 Å².